The van der Waals surface area contributed by atoms with Gasteiger partial charge in [0.25, 0.3) is 0 Å². The Kier molecular flexibility index (Phi) is 3.55. The number of aliphatic hydroxyl groups is 1. The monoisotopic (exact) mass is 368 g/mol. The first kappa shape index (κ1) is 17.8. The Labute approximate surface area is 137 Å². The highest BCUT2D eigenvalue weighted by molar-refractivity contribution is 5.64. The van der Waals surface area contributed by atoms with E-state index in [0.717, 1.165) is 15.4 Å². The van der Waals surface area contributed by atoms with E-state index in [4.69, 9.17) is 0 Å². The van der Waals surface area contributed by atoms with E-state index in [0.29, 0.717) is 6.92 Å². The molecule has 0 saturated heterocycles. The zero-order valence-corrected chi connectivity index (χ0v) is 13.4. The number of imidazole rings is 1. The molecule has 1 aliphatic heterocycles. The number of nitrogens with zero attached hydrogens (tertiary/aromatic N) is 4. The third-order valence-corrected chi connectivity index (χ3v) is 4.38. The summed E-state index contributed by atoms with van der Waals surface area (Å²) in [6.07, 6.45) is -8.81. The van der Waals surface area contributed by atoms with Crippen LogP contribution in [0.15, 0.2) is 6.20 Å². The first-order valence-corrected chi connectivity index (χ1v) is 7.27. The second kappa shape index (κ2) is 4.99. The third-order valence-electron chi connectivity index (χ3n) is 4.38. The van der Waals surface area contributed by atoms with Crippen LogP contribution in [0.3, 0.4) is 0 Å². The maximum absolute atomic E-state index is 13.2. The second-order valence-electron chi connectivity index (χ2n) is 6.26. The smallest absolute Gasteiger partial charge is 0.374 e. The van der Waals surface area contributed by atoms with E-state index < -0.39 is 35.5 Å². The molecule has 3 heterocycles. The predicted octanol–water partition coefficient (Wildman–Crippen LogP) is 3.19. The lowest BCUT2D eigenvalue weighted by Gasteiger charge is -2.31. The first-order chi connectivity index (χ1) is 11.3. The molecule has 2 atom stereocenters. The second-order valence-corrected chi connectivity index (χ2v) is 6.26. The van der Waals surface area contributed by atoms with Crippen LogP contribution >= 0.6 is 0 Å². The van der Waals surface area contributed by atoms with Crippen LogP contribution < -0.4 is 0 Å². The van der Waals surface area contributed by atoms with Gasteiger partial charge in [0.2, 0.25) is 5.60 Å². The molecule has 0 radical (unpaired) electrons. The zero-order chi connectivity index (χ0) is 18.9. The van der Waals surface area contributed by atoms with Gasteiger partial charge in [-0.05, 0) is 20.3 Å². The average Bonchev–Trinajstić information content (AvgIpc) is 2.99. The van der Waals surface area contributed by atoms with Crippen LogP contribution in [0.1, 0.15) is 37.0 Å². The van der Waals surface area contributed by atoms with E-state index in [1.54, 1.807) is 0 Å². The summed E-state index contributed by atoms with van der Waals surface area (Å²) >= 11 is 0. The van der Waals surface area contributed by atoms with Crippen molar-refractivity contribution in [2.24, 2.45) is 7.05 Å². The van der Waals surface area contributed by atoms with Gasteiger partial charge in [-0.25, -0.2) is 4.98 Å². The average molecular weight is 368 g/mol. The van der Waals surface area contributed by atoms with E-state index in [1.807, 2.05) is 0 Å². The van der Waals surface area contributed by atoms with Gasteiger partial charge in [-0.15, -0.1) is 0 Å². The van der Waals surface area contributed by atoms with Crippen molar-refractivity contribution in [1.82, 2.24) is 19.3 Å². The number of rotatable bonds is 1. The number of fused-ring (bicyclic) bond motifs is 3. The summed E-state index contributed by atoms with van der Waals surface area (Å²) in [6.45, 7) is 2.03. The molecule has 0 amide bonds. The van der Waals surface area contributed by atoms with E-state index in [2.05, 4.69) is 10.1 Å². The molecule has 0 aliphatic carbocycles. The van der Waals surface area contributed by atoms with Gasteiger partial charge in [-0.1, -0.05) is 0 Å². The first-order valence-electron chi connectivity index (χ1n) is 7.27. The molecule has 5 nitrogen and oxygen atoms in total. The van der Waals surface area contributed by atoms with Gasteiger partial charge in [0.05, 0.1) is 17.6 Å². The quantitative estimate of drug-likeness (QED) is 0.787. The molecule has 11 heteroatoms. The number of hydrogen-bond donors (Lipinski definition) is 1. The summed E-state index contributed by atoms with van der Waals surface area (Å²) in [7, 11) is 1.28. The number of aromatic nitrogens is 4. The molecule has 1 N–H and O–H groups in total. The molecule has 0 fully saturated rings. The molecule has 0 unspecified atom stereocenters. The Hall–Kier alpha value is -2.04. The summed E-state index contributed by atoms with van der Waals surface area (Å²) in [5.74, 6) is -0.664. The molecule has 2 aromatic heterocycles. The normalized spacial score (nSPS) is 20.2. The fraction of sp³-hybridized carbons (Fsp3) is 0.571. The third kappa shape index (κ3) is 2.43. The van der Waals surface area contributed by atoms with Crippen molar-refractivity contribution in [2.75, 3.05) is 0 Å². The standard InChI is InChI=1S/C14H14F6N4O/c1-6-4-7-9(23(3)22-10(7)13(15,16)17)8-5-21-11(24(6)8)12(2,25)14(18,19)20/h5-6,25H,4H2,1-3H3/t6-,12+/m1/s1. The van der Waals surface area contributed by atoms with Crippen LogP contribution in [-0.2, 0) is 25.2 Å². The largest absolute Gasteiger partial charge is 0.435 e. The van der Waals surface area contributed by atoms with E-state index in [9.17, 15) is 31.4 Å². The van der Waals surface area contributed by atoms with Crippen molar-refractivity contribution in [3.63, 3.8) is 0 Å². The number of hydrogen-bond acceptors (Lipinski definition) is 3. The lowest BCUT2D eigenvalue weighted by Crippen LogP contribution is -2.42. The summed E-state index contributed by atoms with van der Waals surface area (Å²) in [4.78, 5) is 3.67. The van der Waals surface area contributed by atoms with Crippen molar-refractivity contribution in [3.8, 4) is 11.4 Å². The van der Waals surface area contributed by atoms with Crippen molar-refractivity contribution in [2.45, 2.75) is 44.3 Å². The lowest BCUT2D eigenvalue weighted by molar-refractivity contribution is -0.262. The number of alkyl halides is 6. The van der Waals surface area contributed by atoms with Crippen molar-refractivity contribution in [3.05, 3.63) is 23.3 Å². The Morgan fingerprint density at radius 3 is 2.32 bits per heavy atom. The summed E-state index contributed by atoms with van der Waals surface area (Å²) < 4.78 is 81.0. The summed E-state index contributed by atoms with van der Waals surface area (Å²) in [5.41, 5.74) is -4.29. The van der Waals surface area contributed by atoms with Crippen LogP contribution in [0.2, 0.25) is 0 Å². The molecule has 1 aliphatic rings. The molecule has 3 rings (SSSR count). The maximum atomic E-state index is 13.2. The minimum atomic E-state index is -4.99. The SMILES string of the molecule is C[C@@H]1Cc2c(C(F)(F)F)nn(C)c2-c2cnc([C@](C)(O)C(F)(F)F)n21. The Balaban J connectivity index is 2.25. The fourth-order valence-corrected chi connectivity index (χ4v) is 3.17. The highest BCUT2D eigenvalue weighted by atomic mass is 19.4. The van der Waals surface area contributed by atoms with Gasteiger partial charge >= 0.3 is 12.4 Å². The topological polar surface area (TPSA) is 55.9 Å². The number of halogens is 6. The van der Waals surface area contributed by atoms with Gasteiger partial charge in [0.15, 0.2) is 11.5 Å². The van der Waals surface area contributed by atoms with Crippen LogP contribution in [-0.4, -0.2) is 30.6 Å². The van der Waals surface area contributed by atoms with Crippen molar-refractivity contribution < 1.29 is 31.4 Å². The van der Waals surface area contributed by atoms with Crippen molar-refractivity contribution >= 4 is 0 Å². The van der Waals surface area contributed by atoms with Crippen LogP contribution in [0.25, 0.3) is 11.4 Å². The Bertz CT molecular complexity index is 830. The minimum absolute atomic E-state index is 0.0437. The van der Waals surface area contributed by atoms with Crippen LogP contribution in [0.5, 0.6) is 0 Å². The molecule has 0 bridgehead atoms. The van der Waals surface area contributed by atoms with Gasteiger partial charge in [0, 0.05) is 18.7 Å². The van der Waals surface area contributed by atoms with Gasteiger partial charge in [-0.2, -0.15) is 31.4 Å². The van der Waals surface area contributed by atoms with Gasteiger partial charge in [0.1, 0.15) is 0 Å². The van der Waals surface area contributed by atoms with Gasteiger partial charge < -0.3 is 9.67 Å². The van der Waals surface area contributed by atoms with E-state index in [-0.39, 0.29) is 23.4 Å². The highest BCUT2D eigenvalue weighted by Gasteiger charge is 2.55. The fourth-order valence-electron chi connectivity index (χ4n) is 3.17. The number of aryl methyl sites for hydroxylation is 1. The van der Waals surface area contributed by atoms with Gasteiger partial charge in [-0.3, -0.25) is 4.68 Å². The van der Waals surface area contributed by atoms with Crippen LogP contribution in [0.4, 0.5) is 26.3 Å². The predicted molar refractivity (Wildman–Crippen MR) is 73.5 cm³/mol. The Morgan fingerprint density at radius 2 is 1.80 bits per heavy atom. The summed E-state index contributed by atoms with van der Waals surface area (Å²) in [6, 6.07) is -0.765. The molecule has 0 spiro atoms. The molecule has 0 saturated carbocycles. The highest BCUT2D eigenvalue weighted by Crippen LogP contribution is 2.45. The molecular formula is C14H14F6N4O. The van der Waals surface area contributed by atoms with E-state index >= 15 is 0 Å². The van der Waals surface area contributed by atoms with E-state index in [1.165, 1.54) is 14.0 Å². The van der Waals surface area contributed by atoms with Crippen molar-refractivity contribution in [1.29, 1.82) is 0 Å². The molecule has 25 heavy (non-hydrogen) atoms. The molecule has 2 aromatic rings. The molecule has 138 valence electrons. The molecule has 0 aromatic carbocycles. The lowest BCUT2D eigenvalue weighted by atomic mass is 9.96. The Morgan fingerprint density at radius 1 is 1.20 bits per heavy atom. The van der Waals surface area contributed by atoms with Crippen LogP contribution in [0, 0.1) is 0 Å². The maximum Gasteiger partial charge on any atom is 0.435 e. The summed E-state index contributed by atoms with van der Waals surface area (Å²) in [5, 5.41) is 13.4. The minimum Gasteiger partial charge on any atom is -0.374 e. The molecular weight excluding hydrogens is 354 g/mol. The zero-order valence-electron chi connectivity index (χ0n) is 13.4.